The fraction of sp³-hybridized carbons (Fsp3) is 1.00. The molecule has 5 N–H and O–H groups in total. The second-order valence-electron chi connectivity index (χ2n) is 2.24. The molecule has 1 atom stereocenters. The molecule has 0 heterocycles. The minimum absolute atomic E-state index is 0.0556. The zero-order valence-electron chi connectivity index (χ0n) is 6.40. The predicted octanol–water partition coefficient (Wildman–Crippen LogP) is 0.00950. The Balaban J connectivity index is 3.61. The van der Waals surface area contributed by atoms with E-state index in [1.165, 1.54) is 0 Å². The summed E-state index contributed by atoms with van der Waals surface area (Å²) < 4.78 is 4.25. The van der Waals surface area contributed by atoms with E-state index in [0.717, 1.165) is 6.42 Å². The lowest BCUT2D eigenvalue weighted by molar-refractivity contribution is -0.295. The highest BCUT2D eigenvalue weighted by Gasteiger charge is 2.26. The van der Waals surface area contributed by atoms with Crippen molar-refractivity contribution >= 4 is 8.53 Å². The molecule has 0 aromatic rings. The van der Waals surface area contributed by atoms with Crippen molar-refractivity contribution in [2.24, 2.45) is 5.50 Å². The number of nitrogens with two attached hydrogens (primary N) is 1. The summed E-state index contributed by atoms with van der Waals surface area (Å²) in [7, 11) is -2.21. The maximum absolute atomic E-state index is 8.93. The Kier molecular flexibility index (Phi) is 5.08. The van der Waals surface area contributed by atoms with Crippen LogP contribution >= 0.6 is 8.53 Å². The molecule has 0 bridgehead atoms. The molecule has 0 aliphatic rings. The highest BCUT2D eigenvalue weighted by Crippen LogP contribution is 2.28. The van der Waals surface area contributed by atoms with Gasteiger partial charge in [0.25, 0.3) is 14.5 Å². The van der Waals surface area contributed by atoms with E-state index in [1.54, 1.807) is 0 Å². The minimum Gasteiger partial charge on any atom is -0.343 e. The minimum atomic E-state index is -2.27. The molecule has 0 radical (unpaired) electrons. The Morgan fingerprint density at radius 3 is 2.45 bits per heavy atom. The van der Waals surface area contributed by atoms with Gasteiger partial charge in [0.2, 0.25) is 0 Å². The Morgan fingerprint density at radius 1 is 1.55 bits per heavy atom. The van der Waals surface area contributed by atoms with E-state index in [1.807, 2.05) is 6.92 Å². The molecular weight excluding hydrogens is 169 g/mol. The highest BCUT2D eigenvalue weighted by atomic mass is 31.2. The molecule has 0 aliphatic carbocycles. The van der Waals surface area contributed by atoms with Crippen molar-refractivity contribution in [3.05, 3.63) is 0 Å². The topological polar surface area (TPSA) is 95.9 Å². The molecule has 5 nitrogen and oxygen atoms in total. The standard InChI is InChI=1S/C5H14NO4P/c1-2-3-4-5(7,8)10-11(6)9/h7-9H,2-4,6H2,1H3. The summed E-state index contributed by atoms with van der Waals surface area (Å²) in [5.74, 6) is -2.27. The first kappa shape index (κ1) is 11.2. The number of hydrogen-bond donors (Lipinski definition) is 4. The van der Waals surface area contributed by atoms with Gasteiger partial charge in [-0.2, -0.15) is 0 Å². The summed E-state index contributed by atoms with van der Waals surface area (Å²) in [6, 6.07) is 0. The zero-order chi connectivity index (χ0) is 8.91. The largest absolute Gasteiger partial charge is 0.343 e. The van der Waals surface area contributed by atoms with Gasteiger partial charge in [0.1, 0.15) is 0 Å². The van der Waals surface area contributed by atoms with Crippen molar-refractivity contribution in [1.82, 2.24) is 0 Å². The van der Waals surface area contributed by atoms with Gasteiger partial charge in [0.15, 0.2) is 0 Å². The molecule has 68 valence electrons. The molecule has 0 aliphatic heterocycles. The van der Waals surface area contributed by atoms with Gasteiger partial charge in [-0.25, -0.2) is 0 Å². The molecule has 0 aromatic heterocycles. The lowest BCUT2D eigenvalue weighted by Gasteiger charge is -2.21. The molecule has 1 unspecified atom stereocenters. The van der Waals surface area contributed by atoms with Crippen molar-refractivity contribution in [3.63, 3.8) is 0 Å². The van der Waals surface area contributed by atoms with Gasteiger partial charge in [0, 0.05) is 6.42 Å². The van der Waals surface area contributed by atoms with E-state index >= 15 is 0 Å². The van der Waals surface area contributed by atoms with Gasteiger partial charge < -0.3 is 15.1 Å². The van der Waals surface area contributed by atoms with Gasteiger partial charge in [0.05, 0.1) is 0 Å². The van der Waals surface area contributed by atoms with E-state index < -0.39 is 14.5 Å². The van der Waals surface area contributed by atoms with E-state index in [2.05, 4.69) is 4.52 Å². The summed E-state index contributed by atoms with van der Waals surface area (Å²) >= 11 is 0. The smallest absolute Gasteiger partial charge is 0.283 e. The molecule has 0 fully saturated rings. The molecular formula is C5H14NO4P. The molecule has 0 spiro atoms. The average Bonchev–Trinajstić information content (AvgIpc) is 1.81. The fourth-order valence-electron chi connectivity index (χ4n) is 0.602. The first-order valence-corrected chi connectivity index (χ1v) is 4.63. The number of hydrogen-bond acceptors (Lipinski definition) is 5. The average molecular weight is 183 g/mol. The van der Waals surface area contributed by atoms with Crippen LogP contribution < -0.4 is 5.50 Å². The fourth-order valence-corrected chi connectivity index (χ4v) is 0.993. The lowest BCUT2D eigenvalue weighted by Crippen LogP contribution is -2.30. The van der Waals surface area contributed by atoms with Crippen LogP contribution in [0.3, 0.4) is 0 Å². The quantitative estimate of drug-likeness (QED) is 0.355. The number of rotatable bonds is 5. The molecule has 11 heavy (non-hydrogen) atoms. The van der Waals surface area contributed by atoms with Gasteiger partial charge in [-0.3, -0.25) is 10.0 Å². The summed E-state index contributed by atoms with van der Waals surface area (Å²) in [5.41, 5.74) is 4.83. The van der Waals surface area contributed by atoms with Crippen LogP contribution in [-0.2, 0) is 4.52 Å². The van der Waals surface area contributed by atoms with Crippen LogP contribution in [0.25, 0.3) is 0 Å². The molecule has 0 saturated heterocycles. The van der Waals surface area contributed by atoms with Crippen LogP contribution in [0.4, 0.5) is 0 Å². The molecule has 0 saturated carbocycles. The van der Waals surface area contributed by atoms with Crippen molar-refractivity contribution in [3.8, 4) is 0 Å². The van der Waals surface area contributed by atoms with Gasteiger partial charge >= 0.3 is 0 Å². The summed E-state index contributed by atoms with van der Waals surface area (Å²) in [5, 5.41) is 17.9. The second-order valence-corrected chi connectivity index (χ2v) is 3.03. The normalized spacial score (nSPS) is 15.0. The van der Waals surface area contributed by atoms with Crippen molar-refractivity contribution in [2.45, 2.75) is 32.2 Å². The van der Waals surface area contributed by atoms with E-state index in [0.29, 0.717) is 6.42 Å². The maximum Gasteiger partial charge on any atom is 0.283 e. The molecule has 0 aromatic carbocycles. The van der Waals surface area contributed by atoms with E-state index in [4.69, 9.17) is 20.6 Å². The Morgan fingerprint density at radius 2 is 2.09 bits per heavy atom. The van der Waals surface area contributed by atoms with Crippen molar-refractivity contribution < 1.29 is 19.6 Å². The van der Waals surface area contributed by atoms with Crippen molar-refractivity contribution in [1.29, 1.82) is 0 Å². The molecule has 0 amide bonds. The first-order valence-electron chi connectivity index (χ1n) is 3.35. The van der Waals surface area contributed by atoms with Crippen LogP contribution in [0, 0.1) is 0 Å². The summed E-state index contributed by atoms with van der Waals surface area (Å²) in [6.07, 6.45) is 1.48. The first-order chi connectivity index (χ1) is 4.98. The van der Waals surface area contributed by atoms with Gasteiger partial charge in [-0.1, -0.05) is 13.3 Å². The van der Waals surface area contributed by atoms with E-state index in [9.17, 15) is 0 Å². The van der Waals surface area contributed by atoms with Gasteiger partial charge in [-0.05, 0) is 6.42 Å². The Bertz CT molecular complexity index is 109. The van der Waals surface area contributed by atoms with Crippen LogP contribution in [-0.4, -0.2) is 21.1 Å². The van der Waals surface area contributed by atoms with Crippen LogP contribution in [0.5, 0.6) is 0 Å². The third-order valence-electron chi connectivity index (χ3n) is 1.10. The van der Waals surface area contributed by atoms with Crippen LogP contribution in [0.15, 0.2) is 0 Å². The van der Waals surface area contributed by atoms with Gasteiger partial charge in [-0.15, -0.1) is 0 Å². The summed E-state index contributed by atoms with van der Waals surface area (Å²) in [4.78, 5) is 8.49. The van der Waals surface area contributed by atoms with Crippen LogP contribution in [0.2, 0.25) is 0 Å². The van der Waals surface area contributed by atoms with Crippen LogP contribution in [0.1, 0.15) is 26.2 Å². The Labute approximate surface area is 66.8 Å². The highest BCUT2D eigenvalue weighted by molar-refractivity contribution is 7.43. The van der Waals surface area contributed by atoms with E-state index in [-0.39, 0.29) is 6.42 Å². The Hall–Kier alpha value is 0.230. The predicted molar refractivity (Wildman–Crippen MR) is 41.1 cm³/mol. The lowest BCUT2D eigenvalue weighted by atomic mass is 10.2. The molecule has 0 rings (SSSR count). The zero-order valence-corrected chi connectivity index (χ0v) is 7.29. The maximum atomic E-state index is 8.93. The number of aliphatic hydroxyl groups is 2. The SMILES string of the molecule is CCCCC(O)(O)OP(N)O. The third-order valence-corrected chi connectivity index (χ3v) is 1.58. The monoisotopic (exact) mass is 183 g/mol. The third kappa shape index (κ3) is 6.62. The number of unbranched alkanes of at least 4 members (excludes halogenated alkanes) is 1. The summed E-state index contributed by atoms with van der Waals surface area (Å²) in [6.45, 7) is 1.90. The van der Waals surface area contributed by atoms with Crippen molar-refractivity contribution in [2.75, 3.05) is 0 Å². The second kappa shape index (κ2) is 4.98. The molecule has 6 heteroatoms.